The molecule has 0 radical (unpaired) electrons. The zero-order valence-electron chi connectivity index (χ0n) is 37.8. The van der Waals surface area contributed by atoms with Crippen LogP contribution in [0.25, 0.3) is 0 Å². The Balaban J connectivity index is 3.28. The number of nitrogens with zero attached hydrogens (tertiary/aromatic N) is 2. The van der Waals surface area contributed by atoms with Crippen LogP contribution in [0, 0.1) is 0 Å². The SMILES string of the molecule is CCCCCCCC(=O)NCCNC(=O)c1cc(NC(=O)CN(C[C@@H](N)CCCCN)C(=O)CCCCC)cc(NC(=O)CN(C[C@@H](N)CCCCN)C(=O)CCCCC)c1. The van der Waals surface area contributed by atoms with Crippen molar-refractivity contribution in [1.82, 2.24) is 20.4 Å². The molecule has 348 valence electrons. The van der Waals surface area contributed by atoms with Gasteiger partial charge >= 0.3 is 0 Å². The number of unbranched alkanes of at least 4 members (excludes halogenated alkanes) is 10. The highest BCUT2D eigenvalue weighted by molar-refractivity contribution is 6.02. The Morgan fingerprint density at radius 3 is 1.41 bits per heavy atom. The van der Waals surface area contributed by atoms with E-state index in [0.29, 0.717) is 58.0 Å². The van der Waals surface area contributed by atoms with Gasteiger partial charge in [0.05, 0.1) is 13.1 Å². The molecule has 0 saturated heterocycles. The van der Waals surface area contributed by atoms with Crippen LogP contribution in [-0.4, -0.2) is 110 Å². The summed E-state index contributed by atoms with van der Waals surface area (Å²) in [4.78, 5) is 82.5. The zero-order valence-corrected chi connectivity index (χ0v) is 37.8. The summed E-state index contributed by atoms with van der Waals surface area (Å²) in [7, 11) is 0. The Kier molecular flexibility index (Phi) is 31.0. The highest BCUT2D eigenvalue weighted by Gasteiger charge is 2.23. The van der Waals surface area contributed by atoms with E-state index in [-0.39, 0.29) is 86.0 Å². The first-order chi connectivity index (χ1) is 29.4. The van der Waals surface area contributed by atoms with Gasteiger partial charge in [-0.1, -0.05) is 85.0 Å². The molecule has 16 heteroatoms. The van der Waals surface area contributed by atoms with Crippen LogP contribution in [0.3, 0.4) is 0 Å². The molecule has 0 aliphatic heterocycles. The molecule has 6 amide bonds. The fourth-order valence-electron chi connectivity index (χ4n) is 6.84. The van der Waals surface area contributed by atoms with Gasteiger partial charge in [-0.25, -0.2) is 0 Å². The summed E-state index contributed by atoms with van der Waals surface area (Å²) in [5.74, 6) is -1.92. The van der Waals surface area contributed by atoms with Crippen LogP contribution < -0.4 is 44.2 Å². The maximum Gasteiger partial charge on any atom is 0.251 e. The van der Waals surface area contributed by atoms with Crippen LogP contribution in [0.5, 0.6) is 0 Å². The van der Waals surface area contributed by atoms with Gasteiger partial charge in [0.2, 0.25) is 29.5 Å². The van der Waals surface area contributed by atoms with Crippen LogP contribution in [-0.2, 0) is 24.0 Å². The standard InChI is InChI=1S/C45H82N10O6/c1-4-7-10-11-14-21-40(56)50-26-27-51-45(61)35-28-38(52-41(57)33-54(43(59)22-12-8-5-2)31-36(48)19-15-17-24-46)30-39(29-35)53-42(58)34-55(44(60)23-13-9-6-3)32-37(49)20-16-18-25-47/h28-30,36-37H,4-27,31-34,46-49H2,1-3H3,(H,50,56)(H,51,61)(H,52,57)(H,53,58)/t36-,37-/m0/s1. The molecule has 0 heterocycles. The summed E-state index contributed by atoms with van der Waals surface area (Å²) in [6.45, 7) is 7.60. The quantitative estimate of drug-likeness (QED) is 0.0438. The molecule has 0 saturated carbocycles. The van der Waals surface area contributed by atoms with E-state index >= 15 is 0 Å². The topological polar surface area (TPSA) is 261 Å². The Morgan fingerprint density at radius 2 is 0.951 bits per heavy atom. The molecule has 1 aromatic rings. The lowest BCUT2D eigenvalue weighted by molar-refractivity contribution is -0.135. The molecular weight excluding hydrogens is 777 g/mol. The van der Waals surface area contributed by atoms with E-state index in [0.717, 1.165) is 83.5 Å². The number of benzene rings is 1. The number of rotatable bonds is 36. The van der Waals surface area contributed by atoms with E-state index in [4.69, 9.17) is 22.9 Å². The summed E-state index contributed by atoms with van der Waals surface area (Å²) in [6.07, 6.45) is 15.8. The number of nitrogens with one attached hydrogen (secondary N) is 4. The molecular formula is C45H82N10O6. The number of nitrogens with two attached hydrogens (primary N) is 4. The maximum atomic E-state index is 13.6. The predicted molar refractivity (Wildman–Crippen MR) is 246 cm³/mol. The monoisotopic (exact) mass is 859 g/mol. The second-order valence-electron chi connectivity index (χ2n) is 16.2. The van der Waals surface area contributed by atoms with E-state index in [1.807, 2.05) is 0 Å². The van der Waals surface area contributed by atoms with Gasteiger partial charge in [0.1, 0.15) is 0 Å². The number of hydrogen-bond acceptors (Lipinski definition) is 10. The fraction of sp³-hybridized carbons (Fsp3) is 0.733. The minimum absolute atomic E-state index is 0.0794. The first kappa shape index (κ1) is 54.9. The molecule has 61 heavy (non-hydrogen) atoms. The van der Waals surface area contributed by atoms with Crippen molar-refractivity contribution in [3.8, 4) is 0 Å². The number of carbonyl (C=O) groups excluding carboxylic acids is 6. The van der Waals surface area contributed by atoms with Crippen molar-refractivity contribution in [2.75, 3.05) is 63.0 Å². The summed E-state index contributed by atoms with van der Waals surface area (Å²) >= 11 is 0. The summed E-state index contributed by atoms with van der Waals surface area (Å²) in [5.41, 5.74) is 24.6. The smallest absolute Gasteiger partial charge is 0.251 e. The molecule has 0 aliphatic rings. The van der Waals surface area contributed by atoms with Gasteiger partial charge in [0.15, 0.2) is 0 Å². The molecule has 16 nitrogen and oxygen atoms in total. The second-order valence-corrected chi connectivity index (χ2v) is 16.2. The van der Waals surface area contributed by atoms with Crippen molar-refractivity contribution >= 4 is 46.8 Å². The van der Waals surface area contributed by atoms with Crippen LogP contribution in [0.2, 0.25) is 0 Å². The van der Waals surface area contributed by atoms with Gasteiger partial charge in [-0.05, 0) is 76.2 Å². The van der Waals surface area contributed by atoms with Crippen molar-refractivity contribution in [3.05, 3.63) is 23.8 Å². The normalized spacial score (nSPS) is 12.0. The molecule has 0 aromatic heterocycles. The van der Waals surface area contributed by atoms with E-state index in [2.05, 4.69) is 42.0 Å². The third-order valence-electron chi connectivity index (χ3n) is 10.3. The van der Waals surface area contributed by atoms with Gasteiger partial charge in [0, 0.05) is 74.5 Å². The van der Waals surface area contributed by atoms with E-state index in [9.17, 15) is 28.8 Å². The molecule has 1 rings (SSSR count). The van der Waals surface area contributed by atoms with E-state index < -0.39 is 17.7 Å². The van der Waals surface area contributed by atoms with Crippen molar-refractivity contribution in [2.24, 2.45) is 22.9 Å². The predicted octanol–water partition coefficient (Wildman–Crippen LogP) is 4.50. The Labute approximate surface area is 366 Å². The lowest BCUT2D eigenvalue weighted by Crippen LogP contribution is -2.45. The van der Waals surface area contributed by atoms with Gasteiger partial charge in [0.25, 0.3) is 5.91 Å². The molecule has 0 fully saturated rings. The zero-order chi connectivity index (χ0) is 45.3. The third-order valence-corrected chi connectivity index (χ3v) is 10.3. The van der Waals surface area contributed by atoms with E-state index in [1.54, 1.807) is 0 Å². The Morgan fingerprint density at radius 1 is 0.525 bits per heavy atom. The molecule has 0 bridgehead atoms. The lowest BCUT2D eigenvalue weighted by Gasteiger charge is -2.26. The molecule has 0 unspecified atom stereocenters. The molecule has 12 N–H and O–H groups in total. The molecule has 1 aromatic carbocycles. The maximum absolute atomic E-state index is 13.6. The van der Waals surface area contributed by atoms with Gasteiger partial charge in [-0.15, -0.1) is 0 Å². The summed E-state index contributed by atoms with van der Waals surface area (Å²) in [6, 6.07) is 3.81. The average Bonchev–Trinajstić information content (AvgIpc) is 3.21. The van der Waals surface area contributed by atoms with Crippen LogP contribution >= 0.6 is 0 Å². The Hall–Kier alpha value is -4.12. The summed E-state index contributed by atoms with van der Waals surface area (Å²) in [5, 5.41) is 11.3. The highest BCUT2D eigenvalue weighted by atomic mass is 16.2. The molecule has 0 spiro atoms. The number of hydrogen-bond donors (Lipinski definition) is 8. The van der Waals surface area contributed by atoms with Gasteiger partial charge < -0.3 is 54.0 Å². The average molecular weight is 859 g/mol. The lowest BCUT2D eigenvalue weighted by atomic mass is 10.1. The van der Waals surface area contributed by atoms with Gasteiger partial charge in [-0.3, -0.25) is 28.8 Å². The van der Waals surface area contributed by atoms with Crippen molar-refractivity contribution in [1.29, 1.82) is 0 Å². The van der Waals surface area contributed by atoms with Crippen molar-refractivity contribution in [3.63, 3.8) is 0 Å². The molecule has 0 aliphatic carbocycles. The van der Waals surface area contributed by atoms with Crippen molar-refractivity contribution in [2.45, 2.75) is 161 Å². The highest BCUT2D eigenvalue weighted by Crippen LogP contribution is 2.20. The number of amides is 6. The minimum Gasteiger partial charge on any atom is -0.354 e. The number of carbonyl (C=O) groups is 6. The number of anilines is 2. The third kappa shape index (κ3) is 26.7. The van der Waals surface area contributed by atoms with Crippen LogP contribution in [0.4, 0.5) is 11.4 Å². The first-order valence-electron chi connectivity index (χ1n) is 23.1. The minimum atomic E-state index is -0.502. The fourth-order valence-corrected chi connectivity index (χ4v) is 6.84. The van der Waals surface area contributed by atoms with E-state index in [1.165, 1.54) is 28.0 Å². The second kappa shape index (κ2) is 34.5. The van der Waals surface area contributed by atoms with Gasteiger partial charge in [-0.2, -0.15) is 0 Å². The Bertz CT molecular complexity index is 1350. The summed E-state index contributed by atoms with van der Waals surface area (Å²) < 4.78 is 0. The van der Waals surface area contributed by atoms with Crippen LogP contribution in [0.1, 0.15) is 160 Å². The first-order valence-corrected chi connectivity index (χ1v) is 23.1. The molecule has 2 atom stereocenters. The largest absolute Gasteiger partial charge is 0.354 e. The van der Waals surface area contributed by atoms with Crippen molar-refractivity contribution < 1.29 is 28.8 Å². The van der Waals surface area contributed by atoms with Crippen LogP contribution in [0.15, 0.2) is 18.2 Å².